The van der Waals surface area contributed by atoms with E-state index in [-0.39, 0.29) is 0 Å². The van der Waals surface area contributed by atoms with E-state index in [1.54, 1.807) is 0 Å². The van der Waals surface area contributed by atoms with E-state index >= 15 is 0 Å². The molecule has 0 bridgehead atoms. The molecule has 2 aromatic rings. The first kappa shape index (κ1) is 12.2. The van der Waals surface area contributed by atoms with Gasteiger partial charge in [0.1, 0.15) is 11.4 Å². The molecule has 0 spiro atoms. The van der Waals surface area contributed by atoms with Gasteiger partial charge < -0.3 is 0 Å². The van der Waals surface area contributed by atoms with E-state index in [4.69, 9.17) is 0 Å². The fourth-order valence-electron chi connectivity index (χ4n) is 1.56. The maximum absolute atomic E-state index is 12.6. The van der Waals surface area contributed by atoms with Crippen molar-refractivity contribution in [3.63, 3.8) is 0 Å². The van der Waals surface area contributed by atoms with Gasteiger partial charge in [-0.05, 0) is 24.6 Å². The van der Waals surface area contributed by atoms with Gasteiger partial charge in [-0.1, -0.05) is 6.92 Å². The second kappa shape index (κ2) is 4.18. The minimum absolute atomic E-state index is 0.379. The molecule has 0 N–H and O–H groups in total. The lowest BCUT2D eigenvalue weighted by molar-refractivity contribution is -0.143. The van der Waals surface area contributed by atoms with Gasteiger partial charge in [0.05, 0.1) is 4.88 Å². The Morgan fingerprint density at radius 2 is 2.06 bits per heavy atom. The van der Waals surface area contributed by atoms with Gasteiger partial charge in [-0.25, -0.2) is 0 Å². The molecule has 6 heteroatoms. The number of hydrogen-bond acceptors (Lipinski definition) is 2. The molecule has 0 saturated heterocycles. The number of rotatable bonds is 2. The van der Waals surface area contributed by atoms with E-state index in [9.17, 15) is 13.2 Å². The highest BCUT2D eigenvalue weighted by atomic mass is 32.1. The standard InChI is InChI=1S/C11H11F3N2S/c1-3-7-4-5-9(17-7)8-6-10(11(12,13)14)16(2)15-8/h4-6H,3H2,1-2H3. The number of halogens is 3. The second-order valence-corrected chi connectivity index (χ2v) is 4.82. The molecule has 0 unspecified atom stereocenters. The Morgan fingerprint density at radius 1 is 1.35 bits per heavy atom. The summed E-state index contributed by atoms with van der Waals surface area (Å²) in [5.74, 6) is 0. The zero-order chi connectivity index (χ0) is 12.6. The van der Waals surface area contributed by atoms with E-state index in [0.29, 0.717) is 5.69 Å². The molecule has 2 aromatic heterocycles. The van der Waals surface area contributed by atoms with Crippen LogP contribution in [0.1, 0.15) is 17.5 Å². The lowest BCUT2D eigenvalue weighted by Crippen LogP contribution is -2.11. The van der Waals surface area contributed by atoms with Crippen molar-refractivity contribution in [2.75, 3.05) is 0 Å². The molecule has 2 rings (SSSR count). The Hall–Kier alpha value is -1.30. The minimum Gasteiger partial charge on any atom is -0.263 e. The molecule has 0 radical (unpaired) electrons. The fraction of sp³-hybridized carbons (Fsp3) is 0.364. The molecular formula is C11H11F3N2S. The number of alkyl halides is 3. The van der Waals surface area contributed by atoms with Gasteiger partial charge in [-0.15, -0.1) is 11.3 Å². The maximum Gasteiger partial charge on any atom is 0.433 e. The van der Waals surface area contributed by atoms with Crippen LogP contribution in [0.2, 0.25) is 0 Å². The molecule has 0 atom stereocenters. The number of nitrogens with zero attached hydrogens (tertiary/aromatic N) is 2. The number of thiophene rings is 1. The molecule has 0 fully saturated rings. The van der Waals surface area contributed by atoms with Crippen molar-refractivity contribution in [1.82, 2.24) is 9.78 Å². The van der Waals surface area contributed by atoms with Crippen molar-refractivity contribution in [3.05, 3.63) is 28.8 Å². The number of aromatic nitrogens is 2. The summed E-state index contributed by atoms with van der Waals surface area (Å²) in [6, 6.07) is 4.82. The Kier molecular flexibility index (Phi) is 2.99. The van der Waals surface area contributed by atoms with E-state index < -0.39 is 11.9 Å². The third-order valence-corrected chi connectivity index (χ3v) is 3.68. The summed E-state index contributed by atoms with van der Waals surface area (Å²) < 4.78 is 38.7. The molecule has 0 amide bonds. The molecule has 2 heterocycles. The summed E-state index contributed by atoms with van der Waals surface area (Å²) in [4.78, 5) is 1.91. The zero-order valence-corrected chi connectivity index (χ0v) is 10.2. The summed E-state index contributed by atoms with van der Waals surface area (Å²) in [6.07, 6.45) is -3.48. The van der Waals surface area contributed by atoms with Crippen LogP contribution in [0.3, 0.4) is 0 Å². The van der Waals surface area contributed by atoms with Gasteiger partial charge in [0.25, 0.3) is 0 Å². The summed E-state index contributed by atoms with van der Waals surface area (Å²) in [5, 5.41) is 3.90. The fourth-order valence-corrected chi connectivity index (χ4v) is 2.46. The first-order valence-electron chi connectivity index (χ1n) is 5.12. The monoisotopic (exact) mass is 260 g/mol. The number of hydrogen-bond donors (Lipinski definition) is 0. The van der Waals surface area contributed by atoms with Crippen molar-refractivity contribution in [2.24, 2.45) is 7.05 Å². The lowest BCUT2D eigenvalue weighted by Gasteiger charge is -2.04. The predicted octanol–water partition coefficient (Wildman–Crippen LogP) is 3.73. The summed E-state index contributed by atoms with van der Waals surface area (Å²) in [5.41, 5.74) is -0.344. The maximum atomic E-state index is 12.6. The Balaban J connectivity index is 2.41. The molecule has 17 heavy (non-hydrogen) atoms. The topological polar surface area (TPSA) is 17.8 Å². The van der Waals surface area contributed by atoms with Crippen LogP contribution < -0.4 is 0 Å². The molecule has 0 saturated carbocycles. The van der Waals surface area contributed by atoms with Gasteiger partial charge in [-0.2, -0.15) is 18.3 Å². The van der Waals surface area contributed by atoms with Crippen LogP contribution in [0, 0.1) is 0 Å². The second-order valence-electron chi connectivity index (χ2n) is 3.66. The highest BCUT2D eigenvalue weighted by Crippen LogP contribution is 2.34. The van der Waals surface area contributed by atoms with Crippen LogP contribution in [-0.2, 0) is 19.6 Å². The van der Waals surface area contributed by atoms with Gasteiger partial charge in [0.2, 0.25) is 0 Å². The Morgan fingerprint density at radius 3 is 2.53 bits per heavy atom. The predicted molar refractivity (Wildman–Crippen MR) is 60.9 cm³/mol. The molecule has 92 valence electrons. The highest BCUT2D eigenvalue weighted by Gasteiger charge is 2.35. The molecule has 0 aliphatic carbocycles. The van der Waals surface area contributed by atoms with Crippen LogP contribution in [-0.4, -0.2) is 9.78 Å². The van der Waals surface area contributed by atoms with Crippen molar-refractivity contribution < 1.29 is 13.2 Å². The van der Waals surface area contributed by atoms with Crippen molar-refractivity contribution in [2.45, 2.75) is 19.5 Å². The Labute approximate surface area is 101 Å². The van der Waals surface area contributed by atoms with Crippen molar-refractivity contribution >= 4 is 11.3 Å². The largest absolute Gasteiger partial charge is 0.433 e. The average Bonchev–Trinajstić information content (AvgIpc) is 2.81. The minimum atomic E-state index is -4.36. The molecule has 0 aromatic carbocycles. The SMILES string of the molecule is CCc1ccc(-c2cc(C(F)(F)F)n(C)n2)s1. The van der Waals surface area contributed by atoms with E-state index in [1.165, 1.54) is 18.4 Å². The van der Waals surface area contributed by atoms with Gasteiger partial charge in [0.15, 0.2) is 0 Å². The quantitative estimate of drug-likeness (QED) is 0.804. The third-order valence-electron chi connectivity index (χ3n) is 2.43. The molecule has 2 nitrogen and oxygen atoms in total. The van der Waals surface area contributed by atoms with Gasteiger partial charge in [0, 0.05) is 11.9 Å². The summed E-state index contributed by atoms with van der Waals surface area (Å²) in [6.45, 7) is 2.01. The van der Waals surface area contributed by atoms with Crippen molar-refractivity contribution in [1.29, 1.82) is 0 Å². The van der Waals surface area contributed by atoms with E-state index in [0.717, 1.165) is 26.9 Å². The van der Waals surface area contributed by atoms with Crippen molar-refractivity contribution in [3.8, 4) is 10.6 Å². The van der Waals surface area contributed by atoms with Crippen LogP contribution in [0.5, 0.6) is 0 Å². The summed E-state index contributed by atoms with van der Waals surface area (Å²) >= 11 is 1.48. The van der Waals surface area contributed by atoms with Crippen LogP contribution in [0.25, 0.3) is 10.6 Å². The zero-order valence-electron chi connectivity index (χ0n) is 9.38. The highest BCUT2D eigenvalue weighted by molar-refractivity contribution is 7.15. The molecule has 0 aliphatic heterocycles. The van der Waals surface area contributed by atoms with Gasteiger partial charge >= 0.3 is 6.18 Å². The summed E-state index contributed by atoms with van der Waals surface area (Å²) in [7, 11) is 1.31. The van der Waals surface area contributed by atoms with Crippen LogP contribution in [0.4, 0.5) is 13.2 Å². The smallest absolute Gasteiger partial charge is 0.263 e. The van der Waals surface area contributed by atoms with E-state index in [2.05, 4.69) is 5.10 Å². The Bertz CT molecular complexity index is 525. The third kappa shape index (κ3) is 2.36. The molecule has 0 aliphatic rings. The lowest BCUT2D eigenvalue weighted by atomic mass is 10.3. The molecular weight excluding hydrogens is 249 g/mol. The van der Waals surface area contributed by atoms with Crippen LogP contribution >= 0.6 is 11.3 Å². The first-order valence-corrected chi connectivity index (χ1v) is 5.93. The number of aryl methyl sites for hydroxylation is 2. The van der Waals surface area contributed by atoms with Gasteiger partial charge in [-0.3, -0.25) is 4.68 Å². The average molecular weight is 260 g/mol. The van der Waals surface area contributed by atoms with Crippen LogP contribution in [0.15, 0.2) is 18.2 Å². The first-order chi connectivity index (χ1) is 7.91. The van der Waals surface area contributed by atoms with E-state index in [1.807, 2.05) is 19.1 Å². The normalized spacial score (nSPS) is 12.1.